The molecular weight excluding hydrogens is 250 g/mol. The maximum absolute atomic E-state index is 11.4. The Morgan fingerprint density at radius 3 is 2.42 bits per heavy atom. The predicted molar refractivity (Wildman–Crippen MR) is 72.0 cm³/mol. The zero-order valence-electron chi connectivity index (χ0n) is 11.8. The van der Waals surface area contributed by atoms with Crippen LogP contribution in [0.15, 0.2) is 0 Å². The van der Waals surface area contributed by atoms with Crippen molar-refractivity contribution < 1.29 is 19.8 Å². The van der Waals surface area contributed by atoms with Gasteiger partial charge in [0.05, 0.1) is 0 Å². The molecule has 1 atom stereocenters. The monoisotopic (exact) mass is 275 g/mol. The number of carbonyl (C=O) groups excluding carboxylic acids is 1. The highest BCUT2D eigenvalue weighted by atomic mass is 16.4. The molecule has 1 unspecified atom stereocenters. The molecule has 0 rings (SSSR count). The van der Waals surface area contributed by atoms with E-state index in [9.17, 15) is 9.59 Å². The van der Waals surface area contributed by atoms with Crippen LogP contribution in [0.25, 0.3) is 0 Å². The van der Waals surface area contributed by atoms with Crippen molar-refractivity contribution in [3.63, 3.8) is 0 Å². The summed E-state index contributed by atoms with van der Waals surface area (Å²) in [5.41, 5.74) is 0. The highest BCUT2D eigenvalue weighted by molar-refractivity contribution is 5.82. The number of carboxylic acid groups (broad SMARTS) is 1. The molecule has 19 heavy (non-hydrogen) atoms. The van der Waals surface area contributed by atoms with E-state index in [2.05, 4.69) is 29.4 Å². The molecule has 0 aromatic heterocycles. The van der Waals surface area contributed by atoms with Gasteiger partial charge in [0.2, 0.25) is 0 Å². The van der Waals surface area contributed by atoms with Crippen LogP contribution in [0.2, 0.25) is 0 Å². The minimum absolute atomic E-state index is 0.00115. The summed E-state index contributed by atoms with van der Waals surface area (Å²) in [7, 11) is 2.01. The highest BCUT2D eigenvalue weighted by Crippen LogP contribution is 1.94. The Kier molecular flexibility index (Phi) is 8.90. The van der Waals surface area contributed by atoms with Crippen molar-refractivity contribution in [1.82, 2.24) is 15.5 Å². The topological polar surface area (TPSA) is 102 Å². The maximum atomic E-state index is 11.4. The Labute approximate surface area is 114 Å². The molecular formula is C12H25N3O4. The second-order valence-electron chi connectivity index (χ2n) is 4.73. The van der Waals surface area contributed by atoms with Gasteiger partial charge in [-0.15, -0.1) is 0 Å². The summed E-state index contributed by atoms with van der Waals surface area (Å²) in [5.74, 6) is -1.15. The first-order chi connectivity index (χ1) is 8.88. The van der Waals surface area contributed by atoms with Gasteiger partial charge in [-0.2, -0.15) is 0 Å². The summed E-state index contributed by atoms with van der Waals surface area (Å²) in [6.07, 6.45) is 0.790. The molecule has 0 aromatic rings. The number of urea groups is 1. The maximum Gasteiger partial charge on any atom is 0.326 e. The molecule has 4 N–H and O–H groups in total. The number of carbonyl (C=O) groups is 2. The Morgan fingerprint density at radius 2 is 1.95 bits per heavy atom. The fraction of sp³-hybridized carbons (Fsp3) is 0.833. The molecule has 112 valence electrons. The van der Waals surface area contributed by atoms with Gasteiger partial charge in [0.25, 0.3) is 0 Å². The molecule has 0 aliphatic carbocycles. The Balaban J connectivity index is 3.83. The standard InChI is InChI=1S/C12H25N3O4/c1-9(2)15(3)7-4-6-13-12(19)14-10(5-8-16)11(17)18/h9-10,16H,4-8H2,1-3H3,(H,17,18)(H2,13,14,19). The van der Waals surface area contributed by atoms with E-state index in [1.165, 1.54) is 0 Å². The molecule has 0 heterocycles. The molecule has 0 aromatic carbocycles. The molecule has 0 fully saturated rings. The lowest BCUT2D eigenvalue weighted by atomic mass is 10.2. The van der Waals surface area contributed by atoms with Crippen molar-refractivity contribution in [1.29, 1.82) is 0 Å². The molecule has 7 nitrogen and oxygen atoms in total. The molecule has 0 radical (unpaired) electrons. The van der Waals surface area contributed by atoms with E-state index >= 15 is 0 Å². The molecule has 0 saturated heterocycles. The van der Waals surface area contributed by atoms with Crippen LogP contribution in [0.1, 0.15) is 26.7 Å². The Hall–Kier alpha value is -1.34. The van der Waals surface area contributed by atoms with Crippen LogP contribution in [0, 0.1) is 0 Å². The van der Waals surface area contributed by atoms with Crippen LogP contribution in [0.3, 0.4) is 0 Å². The van der Waals surface area contributed by atoms with Crippen molar-refractivity contribution in [3.8, 4) is 0 Å². The largest absolute Gasteiger partial charge is 0.480 e. The number of rotatable bonds is 9. The summed E-state index contributed by atoms with van der Waals surface area (Å²) < 4.78 is 0. The third kappa shape index (κ3) is 8.39. The number of hydrogen-bond donors (Lipinski definition) is 4. The Morgan fingerprint density at radius 1 is 1.32 bits per heavy atom. The number of amides is 2. The first-order valence-corrected chi connectivity index (χ1v) is 6.46. The van der Waals surface area contributed by atoms with Crippen LogP contribution >= 0.6 is 0 Å². The van der Waals surface area contributed by atoms with Crippen LogP contribution in [0.4, 0.5) is 4.79 Å². The SMILES string of the molecule is CC(C)N(C)CCCNC(=O)NC(CCO)C(=O)O. The van der Waals surface area contributed by atoms with E-state index in [0.29, 0.717) is 12.6 Å². The van der Waals surface area contributed by atoms with E-state index in [0.717, 1.165) is 13.0 Å². The second-order valence-corrected chi connectivity index (χ2v) is 4.73. The molecule has 0 aliphatic rings. The molecule has 0 saturated carbocycles. The fourth-order valence-corrected chi connectivity index (χ4v) is 1.38. The molecule has 7 heteroatoms. The third-order valence-corrected chi connectivity index (χ3v) is 2.88. The normalized spacial score (nSPS) is 12.5. The number of nitrogens with zero attached hydrogens (tertiary/aromatic N) is 1. The van der Waals surface area contributed by atoms with E-state index < -0.39 is 18.0 Å². The van der Waals surface area contributed by atoms with Gasteiger partial charge >= 0.3 is 12.0 Å². The summed E-state index contributed by atoms with van der Waals surface area (Å²) in [6, 6.07) is -1.12. The zero-order chi connectivity index (χ0) is 14.8. The van der Waals surface area contributed by atoms with Gasteiger partial charge in [-0.05, 0) is 33.9 Å². The lowest BCUT2D eigenvalue weighted by Crippen LogP contribution is -2.46. The molecule has 0 bridgehead atoms. The van der Waals surface area contributed by atoms with Gasteiger partial charge in [0.15, 0.2) is 0 Å². The fourth-order valence-electron chi connectivity index (χ4n) is 1.38. The second kappa shape index (κ2) is 9.57. The first kappa shape index (κ1) is 17.7. The van der Waals surface area contributed by atoms with E-state index in [-0.39, 0.29) is 13.0 Å². The molecule has 0 aliphatic heterocycles. The van der Waals surface area contributed by atoms with Crippen molar-refractivity contribution >= 4 is 12.0 Å². The average molecular weight is 275 g/mol. The van der Waals surface area contributed by atoms with Gasteiger partial charge in [0.1, 0.15) is 6.04 Å². The van der Waals surface area contributed by atoms with E-state index in [1.807, 2.05) is 7.05 Å². The van der Waals surface area contributed by atoms with E-state index in [4.69, 9.17) is 10.2 Å². The number of aliphatic carboxylic acids is 1. The third-order valence-electron chi connectivity index (χ3n) is 2.88. The minimum Gasteiger partial charge on any atom is -0.480 e. The van der Waals surface area contributed by atoms with Gasteiger partial charge in [-0.3, -0.25) is 0 Å². The van der Waals surface area contributed by atoms with Gasteiger partial charge in [0, 0.05) is 25.6 Å². The van der Waals surface area contributed by atoms with E-state index in [1.54, 1.807) is 0 Å². The number of hydrogen-bond acceptors (Lipinski definition) is 4. The number of aliphatic hydroxyl groups is 1. The van der Waals surface area contributed by atoms with Crippen LogP contribution < -0.4 is 10.6 Å². The number of carboxylic acids is 1. The van der Waals surface area contributed by atoms with Gasteiger partial charge in [-0.1, -0.05) is 0 Å². The van der Waals surface area contributed by atoms with Crippen molar-refractivity contribution in [3.05, 3.63) is 0 Å². The van der Waals surface area contributed by atoms with Crippen molar-refractivity contribution in [2.24, 2.45) is 0 Å². The predicted octanol–water partition coefficient (Wildman–Crippen LogP) is -0.148. The smallest absolute Gasteiger partial charge is 0.326 e. The lowest BCUT2D eigenvalue weighted by Gasteiger charge is -2.21. The average Bonchev–Trinajstić information content (AvgIpc) is 2.33. The van der Waals surface area contributed by atoms with Crippen LogP contribution in [-0.4, -0.2) is 65.9 Å². The van der Waals surface area contributed by atoms with Crippen LogP contribution in [0.5, 0.6) is 0 Å². The first-order valence-electron chi connectivity index (χ1n) is 6.46. The van der Waals surface area contributed by atoms with Crippen LogP contribution in [-0.2, 0) is 4.79 Å². The Bertz CT molecular complexity index is 284. The van der Waals surface area contributed by atoms with Crippen molar-refractivity contribution in [2.45, 2.75) is 38.8 Å². The summed E-state index contributed by atoms with van der Waals surface area (Å²) in [5, 5.41) is 22.4. The highest BCUT2D eigenvalue weighted by Gasteiger charge is 2.18. The molecule has 0 spiro atoms. The minimum atomic E-state index is -1.15. The van der Waals surface area contributed by atoms with Gasteiger partial charge < -0.3 is 25.7 Å². The van der Waals surface area contributed by atoms with Gasteiger partial charge in [-0.25, -0.2) is 9.59 Å². The summed E-state index contributed by atoms with van der Waals surface area (Å²) in [4.78, 5) is 24.3. The quantitative estimate of drug-likeness (QED) is 0.438. The molecule has 2 amide bonds. The summed E-state index contributed by atoms with van der Waals surface area (Å²) in [6.45, 7) is 5.24. The zero-order valence-corrected chi connectivity index (χ0v) is 11.8. The number of aliphatic hydroxyl groups excluding tert-OH is 1. The number of nitrogens with one attached hydrogen (secondary N) is 2. The lowest BCUT2D eigenvalue weighted by molar-refractivity contribution is -0.139. The summed E-state index contributed by atoms with van der Waals surface area (Å²) >= 11 is 0. The van der Waals surface area contributed by atoms with Crippen molar-refractivity contribution in [2.75, 3.05) is 26.7 Å².